The topological polar surface area (TPSA) is 104 Å². The monoisotopic (exact) mass is 453 g/mol. The molecule has 3 aromatic rings. The van der Waals surface area contributed by atoms with Crippen molar-refractivity contribution in [3.05, 3.63) is 68.5 Å². The molecule has 0 aliphatic carbocycles. The Morgan fingerprint density at radius 1 is 1.23 bits per heavy atom. The van der Waals surface area contributed by atoms with E-state index >= 15 is 0 Å². The number of esters is 1. The number of ether oxygens (including phenoxy) is 1. The van der Waals surface area contributed by atoms with Gasteiger partial charge in [0.05, 0.1) is 27.3 Å². The van der Waals surface area contributed by atoms with Crippen molar-refractivity contribution in [2.45, 2.75) is 19.6 Å². The number of fused-ring (bicyclic) bond motifs is 1. The average Bonchev–Trinajstić information content (AvgIpc) is 3.03. The van der Waals surface area contributed by atoms with Gasteiger partial charge in [-0.2, -0.15) is 18.2 Å². The van der Waals surface area contributed by atoms with Crippen molar-refractivity contribution in [2.75, 3.05) is 6.61 Å². The molecule has 0 unspecified atom stereocenters. The number of aromatic nitrogens is 1. The largest absolute Gasteiger partial charge is 0.465 e. The summed E-state index contributed by atoms with van der Waals surface area (Å²) in [4.78, 5) is 38.9. The summed E-state index contributed by atoms with van der Waals surface area (Å²) in [6, 6.07) is 7.70. The zero-order valence-electron chi connectivity index (χ0n) is 15.9. The molecular weight excluding hydrogens is 439 g/mol. The lowest BCUT2D eigenvalue weighted by atomic mass is 10.1. The molecule has 0 saturated heterocycles. The molecule has 3 rings (SSSR count). The molecular formula is C19H14F3N3O5S. The zero-order valence-corrected chi connectivity index (χ0v) is 16.7. The first-order chi connectivity index (χ1) is 14.6. The summed E-state index contributed by atoms with van der Waals surface area (Å²) in [5.74, 6) is -1.62. The fourth-order valence-corrected chi connectivity index (χ4v) is 3.73. The van der Waals surface area contributed by atoms with Gasteiger partial charge < -0.3 is 9.30 Å². The minimum Gasteiger partial charge on any atom is -0.465 e. The highest BCUT2D eigenvalue weighted by atomic mass is 32.1. The second kappa shape index (κ2) is 8.68. The van der Waals surface area contributed by atoms with E-state index in [1.165, 1.54) is 28.8 Å². The molecule has 1 amide bonds. The van der Waals surface area contributed by atoms with Crippen molar-refractivity contribution >= 4 is 39.1 Å². The number of carbonyl (C=O) groups is 2. The first kappa shape index (κ1) is 22.2. The van der Waals surface area contributed by atoms with Crippen molar-refractivity contribution in [2.24, 2.45) is 4.99 Å². The number of amides is 1. The van der Waals surface area contributed by atoms with Gasteiger partial charge in [0.2, 0.25) is 0 Å². The quantitative estimate of drug-likeness (QED) is 0.331. The van der Waals surface area contributed by atoms with Crippen LogP contribution in [0.25, 0.3) is 10.2 Å². The Hall–Kier alpha value is -3.54. The van der Waals surface area contributed by atoms with E-state index in [1.807, 2.05) is 0 Å². The van der Waals surface area contributed by atoms with E-state index in [1.54, 1.807) is 6.92 Å². The van der Waals surface area contributed by atoms with Crippen molar-refractivity contribution < 1.29 is 32.4 Å². The molecule has 12 heteroatoms. The van der Waals surface area contributed by atoms with Crippen LogP contribution in [0.4, 0.5) is 18.9 Å². The highest BCUT2D eigenvalue weighted by molar-refractivity contribution is 7.16. The summed E-state index contributed by atoms with van der Waals surface area (Å²) in [5, 5.41) is 11.1. The summed E-state index contributed by atoms with van der Waals surface area (Å²) < 4.78 is 45.4. The van der Waals surface area contributed by atoms with Crippen LogP contribution in [0.15, 0.2) is 47.5 Å². The van der Waals surface area contributed by atoms with Gasteiger partial charge in [0.1, 0.15) is 6.54 Å². The number of benzene rings is 2. The number of nitro groups is 1. The smallest absolute Gasteiger partial charge is 0.416 e. The number of non-ortho nitro benzene ring substituents is 1. The molecule has 8 nitrogen and oxygen atoms in total. The normalized spacial score (nSPS) is 12.2. The van der Waals surface area contributed by atoms with Crippen molar-refractivity contribution in [1.82, 2.24) is 4.57 Å². The van der Waals surface area contributed by atoms with Gasteiger partial charge in [-0.15, -0.1) is 0 Å². The minimum atomic E-state index is -4.63. The highest BCUT2D eigenvalue weighted by Crippen LogP contribution is 2.29. The SMILES string of the molecule is CCOC(=O)Cn1c(=NC(=O)c2cccc(C(F)(F)F)c2)sc2ccc([N+](=O)[O-])cc21. The molecule has 0 bridgehead atoms. The molecule has 0 radical (unpaired) electrons. The van der Waals surface area contributed by atoms with Gasteiger partial charge in [-0.25, -0.2) is 0 Å². The van der Waals surface area contributed by atoms with Gasteiger partial charge in [-0.05, 0) is 31.2 Å². The first-order valence-corrected chi connectivity index (χ1v) is 9.61. The predicted octanol–water partition coefficient (Wildman–Crippen LogP) is 3.93. The number of hydrogen-bond donors (Lipinski definition) is 0. The van der Waals surface area contributed by atoms with Gasteiger partial charge in [-0.3, -0.25) is 19.7 Å². The standard InChI is InChI=1S/C19H14F3N3O5S/c1-2-30-16(26)10-24-14-9-13(25(28)29)6-7-15(14)31-18(24)23-17(27)11-4-3-5-12(8-11)19(20,21)22/h3-9H,2,10H2,1H3. The Morgan fingerprint density at radius 3 is 2.61 bits per heavy atom. The second-order valence-electron chi connectivity index (χ2n) is 6.18. The summed E-state index contributed by atoms with van der Waals surface area (Å²) in [6.45, 7) is 1.31. The molecule has 0 aliphatic rings. The van der Waals surface area contributed by atoms with Crippen LogP contribution < -0.4 is 4.80 Å². The van der Waals surface area contributed by atoms with E-state index in [0.717, 1.165) is 23.5 Å². The maximum atomic E-state index is 12.9. The number of hydrogen-bond acceptors (Lipinski definition) is 6. The minimum absolute atomic E-state index is 0.00837. The third kappa shape index (κ3) is 4.97. The Labute approximate surface area is 176 Å². The fourth-order valence-electron chi connectivity index (χ4n) is 2.72. The van der Waals surface area contributed by atoms with E-state index in [0.29, 0.717) is 10.8 Å². The average molecular weight is 453 g/mol. The lowest BCUT2D eigenvalue weighted by Crippen LogP contribution is -2.23. The number of halogens is 3. The predicted molar refractivity (Wildman–Crippen MR) is 104 cm³/mol. The van der Waals surface area contributed by atoms with Crippen LogP contribution >= 0.6 is 11.3 Å². The highest BCUT2D eigenvalue weighted by Gasteiger charge is 2.31. The van der Waals surface area contributed by atoms with Crippen LogP contribution in [0, 0.1) is 10.1 Å². The Morgan fingerprint density at radius 2 is 1.97 bits per heavy atom. The summed E-state index contributed by atoms with van der Waals surface area (Å²) in [6.07, 6.45) is -4.63. The van der Waals surface area contributed by atoms with Gasteiger partial charge in [0.15, 0.2) is 4.80 Å². The molecule has 31 heavy (non-hydrogen) atoms. The molecule has 0 aliphatic heterocycles. The fraction of sp³-hybridized carbons (Fsp3) is 0.211. The van der Waals surface area contributed by atoms with Crippen molar-refractivity contribution in [3.63, 3.8) is 0 Å². The van der Waals surface area contributed by atoms with Crippen LogP contribution in [-0.4, -0.2) is 28.0 Å². The number of nitro benzene ring substituents is 1. The van der Waals surface area contributed by atoms with Crippen LogP contribution in [0.3, 0.4) is 0 Å². The van der Waals surface area contributed by atoms with Crippen LogP contribution in [-0.2, 0) is 22.3 Å². The van der Waals surface area contributed by atoms with Crippen molar-refractivity contribution in [3.8, 4) is 0 Å². The summed E-state index contributed by atoms with van der Waals surface area (Å²) in [5.41, 5.74) is -1.26. The second-order valence-corrected chi connectivity index (χ2v) is 7.19. The Bertz CT molecular complexity index is 1250. The molecule has 0 N–H and O–H groups in total. The van der Waals surface area contributed by atoms with E-state index in [2.05, 4.69) is 4.99 Å². The zero-order chi connectivity index (χ0) is 22.8. The molecule has 0 fully saturated rings. The maximum absolute atomic E-state index is 12.9. The third-order valence-corrected chi connectivity index (χ3v) is 5.16. The van der Waals surface area contributed by atoms with E-state index in [9.17, 15) is 32.9 Å². The van der Waals surface area contributed by atoms with E-state index in [-0.39, 0.29) is 34.7 Å². The van der Waals surface area contributed by atoms with Gasteiger partial charge in [-0.1, -0.05) is 17.4 Å². The first-order valence-electron chi connectivity index (χ1n) is 8.80. The lowest BCUT2D eigenvalue weighted by Gasteiger charge is -2.07. The van der Waals surface area contributed by atoms with Crippen LogP contribution in [0.1, 0.15) is 22.8 Å². The Kier molecular flexibility index (Phi) is 6.20. The molecule has 0 atom stereocenters. The molecule has 0 spiro atoms. The van der Waals surface area contributed by atoms with Crippen LogP contribution in [0.2, 0.25) is 0 Å². The van der Waals surface area contributed by atoms with Crippen molar-refractivity contribution in [1.29, 1.82) is 0 Å². The molecule has 2 aromatic carbocycles. The van der Waals surface area contributed by atoms with E-state index in [4.69, 9.17) is 4.74 Å². The van der Waals surface area contributed by atoms with Gasteiger partial charge in [0, 0.05) is 17.7 Å². The number of nitrogens with zero attached hydrogens (tertiary/aromatic N) is 3. The molecule has 1 aromatic heterocycles. The summed E-state index contributed by atoms with van der Waals surface area (Å²) >= 11 is 0.960. The third-order valence-electron chi connectivity index (χ3n) is 4.10. The molecule has 162 valence electrons. The number of carbonyl (C=O) groups excluding carboxylic acids is 2. The number of thiazole rings is 1. The number of rotatable bonds is 5. The summed E-state index contributed by atoms with van der Waals surface area (Å²) in [7, 11) is 0. The molecule has 0 saturated carbocycles. The maximum Gasteiger partial charge on any atom is 0.416 e. The van der Waals surface area contributed by atoms with Gasteiger partial charge in [0.25, 0.3) is 11.6 Å². The lowest BCUT2D eigenvalue weighted by molar-refractivity contribution is -0.384. The Balaban J connectivity index is 2.13. The molecule has 1 heterocycles. The van der Waals surface area contributed by atoms with E-state index < -0.39 is 28.5 Å². The van der Waals surface area contributed by atoms with Crippen LogP contribution in [0.5, 0.6) is 0 Å². The van der Waals surface area contributed by atoms with Gasteiger partial charge >= 0.3 is 12.1 Å². The number of alkyl halides is 3.